The number of pyridine rings is 1. The minimum atomic E-state index is -0.462. The fraction of sp³-hybridized carbons (Fsp3) is 0.625. The van der Waals surface area contributed by atoms with Gasteiger partial charge in [0.25, 0.3) is 0 Å². The summed E-state index contributed by atoms with van der Waals surface area (Å²) >= 11 is 0. The first-order chi connectivity index (χ1) is 10.3. The summed E-state index contributed by atoms with van der Waals surface area (Å²) in [6.45, 7) is 9.79. The molecule has 6 heteroatoms. The molecule has 0 radical (unpaired) electrons. The summed E-state index contributed by atoms with van der Waals surface area (Å²) in [5.74, 6) is 0.597. The largest absolute Gasteiger partial charge is 0.481 e. The second kappa shape index (κ2) is 6.42. The smallest absolute Gasteiger partial charge is 0.410 e. The Kier molecular flexibility index (Phi) is 4.78. The summed E-state index contributed by atoms with van der Waals surface area (Å²) in [6, 6.07) is 4.08. The number of hydrogen-bond donors (Lipinski definition) is 0. The molecule has 1 amide bonds. The lowest BCUT2D eigenvalue weighted by molar-refractivity contribution is 0.0219. The number of aromatic nitrogens is 1. The standard InChI is InChI=1S/C16H25N3O3/c1-12-11-18(15(20)22-16(2,3)4)8-9-19(12)13-6-7-17-14(10-13)21-5/h6-7,10,12H,8-9,11H2,1-5H3/t12-/m1/s1. The summed E-state index contributed by atoms with van der Waals surface area (Å²) in [6.07, 6.45) is 1.49. The van der Waals surface area contributed by atoms with Crippen LogP contribution in [0.2, 0.25) is 0 Å². The lowest BCUT2D eigenvalue weighted by Crippen LogP contribution is -2.54. The van der Waals surface area contributed by atoms with E-state index in [1.54, 1.807) is 18.2 Å². The van der Waals surface area contributed by atoms with Crippen molar-refractivity contribution in [3.63, 3.8) is 0 Å². The number of anilines is 1. The van der Waals surface area contributed by atoms with Crippen molar-refractivity contribution in [3.05, 3.63) is 18.3 Å². The molecule has 0 saturated carbocycles. The average Bonchev–Trinajstić information content (AvgIpc) is 2.45. The van der Waals surface area contributed by atoms with Crippen molar-refractivity contribution in [2.45, 2.75) is 39.3 Å². The third kappa shape index (κ3) is 4.02. The minimum absolute atomic E-state index is 0.202. The molecule has 1 aromatic rings. The Hall–Kier alpha value is -1.98. The molecule has 0 spiro atoms. The first-order valence-corrected chi connectivity index (χ1v) is 7.55. The Bertz CT molecular complexity index is 528. The van der Waals surface area contributed by atoms with E-state index in [0.29, 0.717) is 19.0 Å². The quantitative estimate of drug-likeness (QED) is 0.840. The first kappa shape index (κ1) is 16.4. The van der Waals surface area contributed by atoms with E-state index in [-0.39, 0.29) is 12.1 Å². The maximum atomic E-state index is 12.2. The molecule has 2 heterocycles. The first-order valence-electron chi connectivity index (χ1n) is 7.55. The normalized spacial score (nSPS) is 19.0. The van der Waals surface area contributed by atoms with E-state index in [9.17, 15) is 4.79 Å². The van der Waals surface area contributed by atoms with Crippen LogP contribution in [0, 0.1) is 0 Å². The van der Waals surface area contributed by atoms with E-state index < -0.39 is 5.60 Å². The number of hydrogen-bond acceptors (Lipinski definition) is 5. The van der Waals surface area contributed by atoms with Gasteiger partial charge in [-0.1, -0.05) is 0 Å². The molecule has 2 rings (SSSR count). The number of nitrogens with zero attached hydrogens (tertiary/aromatic N) is 3. The van der Waals surface area contributed by atoms with Crippen LogP contribution in [-0.4, -0.2) is 54.4 Å². The second-order valence-electron chi connectivity index (χ2n) is 6.53. The molecule has 1 atom stereocenters. The van der Waals surface area contributed by atoms with Crippen molar-refractivity contribution in [1.29, 1.82) is 0 Å². The molecule has 122 valence electrons. The Morgan fingerprint density at radius 3 is 2.68 bits per heavy atom. The zero-order valence-electron chi connectivity index (χ0n) is 14.0. The highest BCUT2D eigenvalue weighted by molar-refractivity contribution is 5.69. The predicted octanol–water partition coefficient (Wildman–Crippen LogP) is 2.54. The van der Waals surface area contributed by atoms with Gasteiger partial charge in [0.1, 0.15) is 5.60 Å². The van der Waals surface area contributed by atoms with Crippen LogP contribution < -0.4 is 9.64 Å². The number of carbonyl (C=O) groups excluding carboxylic acids is 1. The van der Waals surface area contributed by atoms with Crippen LogP contribution in [0.15, 0.2) is 18.3 Å². The molecule has 1 fully saturated rings. The fourth-order valence-electron chi connectivity index (χ4n) is 2.52. The Morgan fingerprint density at radius 2 is 2.09 bits per heavy atom. The van der Waals surface area contributed by atoms with Gasteiger partial charge in [-0.25, -0.2) is 9.78 Å². The van der Waals surface area contributed by atoms with Gasteiger partial charge in [0.05, 0.1) is 7.11 Å². The van der Waals surface area contributed by atoms with Gasteiger partial charge >= 0.3 is 6.09 Å². The Balaban J connectivity index is 2.02. The van der Waals surface area contributed by atoms with E-state index in [2.05, 4.69) is 16.8 Å². The molecule has 6 nitrogen and oxygen atoms in total. The monoisotopic (exact) mass is 307 g/mol. The number of carbonyl (C=O) groups is 1. The number of ether oxygens (including phenoxy) is 2. The van der Waals surface area contributed by atoms with Crippen molar-refractivity contribution >= 4 is 11.8 Å². The maximum absolute atomic E-state index is 12.2. The lowest BCUT2D eigenvalue weighted by Gasteiger charge is -2.41. The van der Waals surface area contributed by atoms with Crippen molar-refractivity contribution in [1.82, 2.24) is 9.88 Å². The second-order valence-corrected chi connectivity index (χ2v) is 6.53. The van der Waals surface area contributed by atoms with Gasteiger partial charge in [-0.3, -0.25) is 0 Å². The van der Waals surface area contributed by atoms with Crippen LogP contribution >= 0.6 is 0 Å². The molecule has 1 aliphatic rings. The zero-order valence-corrected chi connectivity index (χ0v) is 14.0. The average molecular weight is 307 g/mol. The van der Waals surface area contributed by atoms with Gasteiger partial charge in [-0.2, -0.15) is 0 Å². The third-order valence-corrected chi connectivity index (χ3v) is 3.54. The van der Waals surface area contributed by atoms with Gasteiger partial charge in [0, 0.05) is 43.6 Å². The van der Waals surface area contributed by atoms with Gasteiger partial charge in [0.2, 0.25) is 5.88 Å². The molecule has 0 aliphatic carbocycles. The number of piperazine rings is 1. The van der Waals surface area contributed by atoms with Crippen molar-refractivity contribution in [2.75, 3.05) is 31.6 Å². The minimum Gasteiger partial charge on any atom is -0.481 e. The number of amides is 1. The van der Waals surface area contributed by atoms with Gasteiger partial charge in [0.15, 0.2) is 0 Å². The molecule has 1 aromatic heterocycles. The molecule has 1 aliphatic heterocycles. The van der Waals surface area contributed by atoms with Gasteiger partial charge < -0.3 is 19.3 Å². The lowest BCUT2D eigenvalue weighted by atomic mass is 10.1. The maximum Gasteiger partial charge on any atom is 0.410 e. The molecule has 1 saturated heterocycles. The Labute approximate surface area is 132 Å². The third-order valence-electron chi connectivity index (χ3n) is 3.54. The summed E-state index contributed by atoms with van der Waals surface area (Å²) in [7, 11) is 1.61. The van der Waals surface area contributed by atoms with Crippen LogP contribution in [0.5, 0.6) is 5.88 Å². The Morgan fingerprint density at radius 1 is 1.36 bits per heavy atom. The zero-order chi connectivity index (χ0) is 16.3. The van der Waals surface area contributed by atoms with Crippen LogP contribution in [0.4, 0.5) is 10.5 Å². The van der Waals surface area contributed by atoms with E-state index in [1.165, 1.54) is 0 Å². The summed E-state index contributed by atoms with van der Waals surface area (Å²) in [4.78, 5) is 20.3. The van der Waals surface area contributed by atoms with E-state index in [4.69, 9.17) is 9.47 Å². The topological polar surface area (TPSA) is 54.9 Å². The van der Waals surface area contributed by atoms with E-state index in [1.807, 2.05) is 32.9 Å². The predicted molar refractivity (Wildman–Crippen MR) is 85.4 cm³/mol. The molecular formula is C16H25N3O3. The van der Waals surface area contributed by atoms with Crippen molar-refractivity contribution < 1.29 is 14.3 Å². The van der Waals surface area contributed by atoms with Crippen LogP contribution in [0.3, 0.4) is 0 Å². The highest BCUT2D eigenvalue weighted by Crippen LogP contribution is 2.24. The van der Waals surface area contributed by atoms with Crippen molar-refractivity contribution in [2.24, 2.45) is 0 Å². The summed E-state index contributed by atoms with van der Waals surface area (Å²) in [5.41, 5.74) is 0.596. The van der Waals surface area contributed by atoms with E-state index >= 15 is 0 Å². The molecule has 0 bridgehead atoms. The van der Waals surface area contributed by atoms with Crippen LogP contribution in [0.25, 0.3) is 0 Å². The summed E-state index contributed by atoms with van der Waals surface area (Å²) in [5, 5.41) is 0. The number of rotatable bonds is 2. The molecule has 0 N–H and O–H groups in total. The molecule has 22 heavy (non-hydrogen) atoms. The molecule has 0 unspecified atom stereocenters. The van der Waals surface area contributed by atoms with Gasteiger partial charge in [-0.05, 0) is 33.8 Å². The van der Waals surface area contributed by atoms with Crippen molar-refractivity contribution in [3.8, 4) is 5.88 Å². The highest BCUT2D eigenvalue weighted by Gasteiger charge is 2.30. The van der Waals surface area contributed by atoms with E-state index in [0.717, 1.165) is 12.2 Å². The summed E-state index contributed by atoms with van der Waals surface area (Å²) < 4.78 is 10.6. The van der Waals surface area contributed by atoms with Crippen LogP contribution in [-0.2, 0) is 4.74 Å². The fourth-order valence-corrected chi connectivity index (χ4v) is 2.52. The highest BCUT2D eigenvalue weighted by atomic mass is 16.6. The van der Waals surface area contributed by atoms with Gasteiger partial charge in [-0.15, -0.1) is 0 Å². The number of methoxy groups -OCH3 is 1. The SMILES string of the molecule is COc1cc(N2CCN(C(=O)OC(C)(C)C)C[C@H]2C)ccn1. The molecule has 0 aromatic carbocycles. The van der Waals surface area contributed by atoms with Crippen LogP contribution in [0.1, 0.15) is 27.7 Å². The molecular weight excluding hydrogens is 282 g/mol.